The van der Waals surface area contributed by atoms with Crippen molar-refractivity contribution in [1.29, 1.82) is 0 Å². The molecule has 0 heterocycles. The number of benzene rings is 1. The van der Waals surface area contributed by atoms with Gasteiger partial charge in [-0.3, -0.25) is 4.79 Å². The van der Waals surface area contributed by atoms with Crippen LogP contribution >= 0.6 is 11.6 Å². The van der Waals surface area contributed by atoms with Crippen LogP contribution in [0.4, 0.5) is 0 Å². The van der Waals surface area contributed by atoms with Gasteiger partial charge in [-0.15, -0.1) is 0 Å². The molecule has 1 rings (SSSR count). The van der Waals surface area contributed by atoms with Crippen molar-refractivity contribution in [3.05, 3.63) is 46.5 Å². The fraction of sp³-hybridized carbons (Fsp3) is 0.400. The van der Waals surface area contributed by atoms with E-state index in [-0.39, 0.29) is 11.9 Å². The van der Waals surface area contributed by atoms with E-state index in [0.717, 1.165) is 11.1 Å². The summed E-state index contributed by atoms with van der Waals surface area (Å²) in [6, 6.07) is 7.78. The number of carbonyl (C=O) groups excluding carboxylic acids is 1. The van der Waals surface area contributed by atoms with Gasteiger partial charge in [-0.1, -0.05) is 29.3 Å². The van der Waals surface area contributed by atoms with E-state index in [2.05, 4.69) is 0 Å². The zero-order chi connectivity index (χ0) is 13.7. The molecule has 0 aliphatic heterocycles. The molecule has 0 saturated heterocycles. The summed E-state index contributed by atoms with van der Waals surface area (Å²) in [4.78, 5) is 13.9. The Morgan fingerprint density at radius 1 is 1.39 bits per heavy atom. The van der Waals surface area contributed by atoms with Gasteiger partial charge in [0.2, 0.25) is 5.91 Å². The van der Waals surface area contributed by atoms with E-state index in [0.29, 0.717) is 11.6 Å². The second-order valence-electron chi connectivity index (χ2n) is 4.91. The van der Waals surface area contributed by atoms with Crippen LogP contribution in [-0.2, 0) is 11.3 Å². The molecule has 3 heteroatoms. The van der Waals surface area contributed by atoms with Crippen molar-refractivity contribution in [2.75, 3.05) is 0 Å². The Kier molecular flexibility index (Phi) is 5.42. The maximum absolute atomic E-state index is 12.1. The molecule has 0 spiro atoms. The van der Waals surface area contributed by atoms with Gasteiger partial charge in [-0.25, -0.2) is 0 Å². The van der Waals surface area contributed by atoms with Gasteiger partial charge in [-0.05, 0) is 45.4 Å². The molecule has 0 fully saturated rings. The molecule has 18 heavy (non-hydrogen) atoms. The van der Waals surface area contributed by atoms with Crippen LogP contribution in [0, 0.1) is 0 Å². The number of amides is 1. The molecular weight excluding hydrogens is 246 g/mol. The smallest absolute Gasteiger partial charge is 0.247 e. The fourth-order valence-corrected chi connectivity index (χ4v) is 1.89. The first-order chi connectivity index (χ1) is 8.40. The molecule has 0 saturated carbocycles. The summed E-state index contributed by atoms with van der Waals surface area (Å²) in [5.74, 6) is 0.0463. The number of hydrogen-bond acceptors (Lipinski definition) is 1. The number of rotatable bonds is 4. The highest BCUT2D eigenvalue weighted by Gasteiger charge is 2.15. The lowest BCUT2D eigenvalue weighted by Crippen LogP contribution is -2.35. The predicted octanol–water partition coefficient (Wildman–Crippen LogP) is 4.04. The first-order valence-corrected chi connectivity index (χ1v) is 6.48. The van der Waals surface area contributed by atoms with Gasteiger partial charge < -0.3 is 4.90 Å². The molecule has 1 amide bonds. The van der Waals surface area contributed by atoms with Crippen LogP contribution in [0.2, 0.25) is 5.02 Å². The maximum atomic E-state index is 12.1. The lowest BCUT2D eigenvalue weighted by Gasteiger charge is -2.26. The van der Waals surface area contributed by atoms with Crippen molar-refractivity contribution >= 4 is 17.5 Å². The molecule has 1 aromatic carbocycles. The van der Waals surface area contributed by atoms with Crippen LogP contribution in [-0.4, -0.2) is 16.8 Å². The van der Waals surface area contributed by atoms with Gasteiger partial charge in [0, 0.05) is 23.7 Å². The van der Waals surface area contributed by atoms with Crippen molar-refractivity contribution in [1.82, 2.24) is 4.90 Å². The Morgan fingerprint density at radius 3 is 2.56 bits per heavy atom. The third-order valence-electron chi connectivity index (χ3n) is 2.56. The van der Waals surface area contributed by atoms with Gasteiger partial charge in [-0.2, -0.15) is 0 Å². The quantitative estimate of drug-likeness (QED) is 0.753. The summed E-state index contributed by atoms with van der Waals surface area (Å²) in [7, 11) is 0. The number of hydrogen-bond donors (Lipinski definition) is 0. The Balaban J connectivity index is 2.88. The lowest BCUT2D eigenvalue weighted by molar-refractivity contribution is -0.128. The van der Waals surface area contributed by atoms with Crippen LogP contribution in [0.5, 0.6) is 0 Å². The van der Waals surface area contributed by atoms with E-state index in [4.69, 9.17) is 11.6 Å². The monoisotopic (exact) mass is 265 g/mol. The molecule has 0 unspecified atom stereocenters. The average molecular weight is 266 g/mol. The molecule has 0 aliphatic rings. The van der Waals surface area contributed by atoms with E-state index in [9.17, 15) is 4.79 Å². The molecule has 98 valence electrons. The summed E-state index contributed by atoms with van der Waals surface area (Å²) in [6.07, 6.45) is 1.67. The van der Waals surface area contributed by atoms with E-state index >= 15 is 0 Å². The summed E-state index contributed by atoms with van der Waals surface area (Å²) >= 11 is 5.96. The predicted molar refractivity (Wildman–Crippen MR) is 76.6 cm³/mol. The minimum absolute atomic E-state index is 0.0463. The van der Waals surface area contributed by atoms with Crippen LogP contribution in [0.25, 0.3) is 0 Å². The summed E-state index contributed by atoms with van der Waals surface area (Å²) in [6.45, 7) is 8.47. The normalized spacial score (nSPS) is 10.3. The average Bonchev–Trinajstić information content (AvgIpc) is 2.24. The Bertz CT molecular complexity index is 448. The first kappa shape index (κ1) is 14.8. The Morgan fingerprint density at radius 2 is 2.06 bits per heavy atom. The summed E-state index contributed by atoms with van der Waals surface area (Å²) in [5, 5.41) is 0.700. The fourth-order valence-electron chi connectivity index (χ4n) is 1.68. The highest BCUT2D eigenvalue weighted by molar-refractivity contribution is 6.30. The molecule has 0 N–H and O–H groups in total. The molecule has 0 radical (unpaired) electrons. The van der Waals surface area contributed by atoms with Gasteiger partial charge in [0.25, 0.3) is 0 Å². The van der Waals surface area contributed by atoms with Gasteiger partial charge in [0.1, 0.15) is 0 Å². The largest absolute Gasteiger partial charge is 0.332 e. The molecule has 0 aliphatic carbocycles. The van der Waals surface area contributed by atoms with Crippen LogP contribution in [0.1, 0.15) is 33.3 Å². The highest BCUT2D eigenvalue weighted by Crippen LogP contribution is 2.14. The minimum atomic E-state index is 0.0463. The summed E-state index contributed by atoms with van der Waals surface area (Å²) < 4.78 is 0. The van der Waals surface area contributed by atoms with Crippen LogP contribution in [0.15, 0.2) is 35.9 Å². The van der Waals surface area contributed by atoms with Gasteiger partial charge in [0.05, 0.1) is 0 Å². The maximum Gasteiger partial charge on any atom is 0.247 e. The highest BCUT2D eigenvalue weighted by atomic mass is 35.5. The molecule has 2 nitrogen and oxygen atoms in total. The molecule has 0 bridgehead atoms. The van der Waals surface area contributed by atoms with Gasteiger partial charge in [0.15, 0.2) is 0 Å². The first-order valence-electron chi connectivity index (χ1n) is 6.10. The second-order valence-corrected chi connectivity index (χ2v) is 5.35. The number of halogens is 1. The van der Waals surface area contributed by atoms with Gasteiger partial charge >= 0.3 is 0 Å². The van der Waals surface area contributed by atoms with E-state index in [1.807, 2.05) is 56.9 Å². The lowest BCUT2D eigenvalue weighted by atomic mass is 10.1. The Labute approximate surface area is 114 Å². The van der Waals surface area contributed by atoms with Crippen molar-refractivity contribution < 1.29 is 4.79 Å². The van der Waals surface area contributed by atoms with Crippen molar-refractivity contribution in [3.8, 4) is 0 Å². The van der Waals surface area contributed by atoms with Crippen molar-refractivity contribution in [2.24, 2.45) is 0 Å². The standard InChI is InChI=1S/C15H20ClNO/c1-11(2)8-15(18)17(12(3)4)10-13-6-5-7-14(16)9-13/h5-9,12H,10H2,1-4H3. The molecule has 1 aromatic rings. The Hall–Kier alpha value is -1.28. The topological polar surface area (TPSA) is 20.3 Å². The number of carbonyl (C=O) groups is 1. The van der Waals surface area contributed by atoms with Crippen molar-refractivity contribution in [2.45, 2.75) is 40.3 Å². The molecule has 0 aromatic heterocycles. The zero-order valence-electron chi connectivity index (χ0n) is 11.4. The van der Waals surface area contributed by atoms with Crippen LogP contribution < -0.4 is 0 Å². The minimum Gasteiger partial charge on any atom is -0.332 e. The zero-order valence-corrected chi connectivity index (χ0v) is 12.2. The third kappa shape index (κ3) is 4.53. The van der Waals surface area contributed by atoms with E-state index < -0.39 is 0 Å². The van der Waals surface area contributed by atoms with Crippen LogP contribution in [0.3, 0.4) is 0 Å². The molecular formula is C15H20ClNO. The van der Waals surface area contributed by atoms with E-state index in [1.165, 1.54) is 0 Å². The number of nitrogens with zero attached hydrogens (tertiary/aromatic N) is 1. The molecule has 0 atom stereocenters. The SMILES string of the molecule is CC(C)=CC(=O)N(Cc1cccc(Cl)c1)C(C)C. The van der Waals surface area contributed by atoms with Crippen molar-refractivity contribution in [3.63, 3.8) is 0 Å². The third-order valence-corrected chi connectivity index (χ3v) is 2.80. The second kappa shape index (κ2) is 6.60. The van der Waals surface area contributed by atoms with E-state index in [1.54, 1.807) is 6.08 Å². The number of allylic oxidation sites excluding steroid dienone is 1. The summed E-state index contributed by atoms with van der Waals surface area (Å²) in [5.41, 5.74) is 2.06.